The summed E-state index contributed by atoms with van der Waals surface area (Å²) < 4.78 is 57.9. The van der Waals surface area contributed by atoms with Crippen LogP contribution in [0.4, 0.5) is 23.4 Å². The summed E-state index contributed by atoms with van der Waals surface area (Å²) in [7, 11) is 0. The lowest BCUT2D eigenvalue weighted by molar-refractivity contribution is 0.146. The fraction of sp³-hybridized carbons (Fsp3) is 0.320. The summed E-state index contributed by atoms with van der Waals surface area (Å²) in [4.78, 5) is 22.5. The van der Waals surface area contributed by atoms with Crippen molar-refractivity contribution < 1.29 is 17.6 Å². The van der Waals surface area contributed by atoms with Gasteiger partial charge in [0.1, 0.15) is 35.7 Å². The molecule has 0 spiro atoms. The second-order valence-electron chi connectivity index (χ2n) is 9.10. The SMILES string of the molecule is Cc1nc(N[C@H](C)c2cccc(C(F)F)c2F)c2cn(C3(CF)CC3)c(=O)c(-n3cc(C#N)cn3)c2n1. The highest BCUT2D eigenvalue weighted by molar-refractivity contribution is 5.93. The normalized spacial score (nSPS) is 15.1. The molecule has 8 nitrogen and oxygen atoms in total. The van der Waals surface area contributed by atoms with Crippen LogP contribution in [0.15, 0.2) is 41.6 Å². The summed E-state index contributed by atoms with van der Waals surface area (Å²) in [5.74, 6) is -0.559. The predicted octanol–water partition coefficient (Wildman–Crippen LogP) is 4.87. The van der Waals surface area contributed by atoms with Gasteiger partial charge < -0.3 is 9.88 Å². The van der Waals surface area contributed by atoms with Crippen molar-refractivity contribution in [3.8, 4) is 11.8 Å². The average molecular weight is 511 g/mol. The van der Waals surface area contributed by atoms with Crippen LogP contribution in [0.25, 0.3) is 16.6 Å². The van der Waals surface area contributed by atoms with E-state index in [9.17, 15) is 27.6 Å². The third-order valence-electron chi connectivity index (χ3n) is 6.60. The largest absolute Gasteiger partial charge is 0.363 e. The van der Waals surface area contributed by atoms with E-state index in [0.29, 0.717) is 18.2 Å². The molecule has 0 unspecified atom stereocenters. The van der Waals surface area contributed by atoms with Crippen molar-refractivity contribution in [1.82, 2.24) is 24.3 Å². The maximum atomic E-state index is 14.8. The van der Waals surface area contributed by atoms with Crippen molar-refractivity contribution in [2.24, 2.45) is 0 Å². The first-order chi connectivity index (χ1) is 17.7. The molecule has 1 aliphatic rings. The Bertz CT molecular complexity index is 1620. The summed E-state index contributed by atoms with van der Waals surface area (Å²) in [5.41, 5.74) is -1.86. The van der Waals surface area contributed by atoms with Crippen LogP contribution in [0.1, 0.15) is 54.7 Å². The number of nitrogens with zero attached hydrogens (tertiary/aromatic N) is 6. The van der Waals surface area contributed by atoms with Crippen molar-refractivity contribution in [2.75, 3.05) is 12.0 Å². The molecule has 1 atom stereocenters. The standard InChI is InChI=1S/C25H21F4N7O/c1-13(16-4-3-5-17(19(16)27)22(28)29)32-23-18-11-35(25(12-26)6-7-25)24(37)21(20(18)33-14(2)34-23)36-10-15(8-30)9-31-36/h3-5,9-11,13,22H,6-7,12H2,1-2H3,(H,32,33,34)/t13-/m1/s1. The van der Waals surface area contributed by atoms with E-state index >= 15 is 0 Å². The zero-order valence-electron chi connectivity index (χ0n) is 19.8. The molecule has 5 rings (SSSR count). The molecule has 1 N–H and O–H groups in total. The molecule has 1 fully saturated rings. The molecule has 0 radical (unpaired) electrons. The Morgan fingerprint density at radius 2 is 1.95 bits per heavy atom. The fourth-order valence-corrected chi connectivity index (χ4v) is 4.40. The van der Waals surface area contributed by atoms with E-state index in [1.54, 1.807) is 13.8 Å². The van der Waals surface area contributed by atoms with E-state index < -0.39 is 41.6 Å². The van der Waals surface area contributed by atoms with Crippen molar-refractivity contribution >= 4 is 16.7 Å². The number of fused-ring (bicyclic) bond motifs is 1. The van der Waals surface area contributed by atoms with Crippen molar-refractivity contribution in [3.05, 3.63) is 75.5 Å². The van der Waals surface area contributed by atoms with E-state index in [0.717, 1.165) is 6.07 Å². The van der Waals surface area contributed by atoms with Crippen LogP contribution >= 0.6 is 0 Å². The zero-order chi connectivity index (χ0) is 26.5. The van der Waals surface area contributed by atoms with Crippen LogP contribution < -0.4 is 10.9 Å². The molecule has 3 aromatic heterocycles. The number of aromatic nitrogens is 5. The number of nitrogens with one attached hydrogen (secondary N) is 1. The van der Waals surface area contributed by atoms with E-state index in [2.05, 4.69) is 20.4 Å². The smallest absolute Gasteiger partial charge is 0.279 e. The Kier molecular flexibility index (Phi) is 5.94. The predicted molar refractivity (Wildman–Crippen MR) is 127 cm³/mol. The van der Waals surface area contributed by atoms with Crippen LogP contribution in [0.5, 0.6) is 0 Å². The molecule has 190 valence electrons. The minimum Gasteiger partial charge on any atom is -0.363 e. The number of rotatable bonds is 7. The van der Waals surface area contributed by atoms with E-state index in [4.69, 9.17) is 0 Å². The summed E-state index contributed by atoms with van der Waals surface area (Å²) >= 11 is 0. The topological polar surface area (TPSA) is 101 Å². The molecule has 0 saturated heterocycles. The Balaban J connectivity index is 1.72. The molecule has 37 heavy (non-hydrogen) atoms. The van der Waals surface area contributed by atoms with Gasteiger partial charge in [-0.1, -0.05) is 18.2 Å². The number of hydrogen-bond donors (Lipinski definition) is 1. The van der Waals surface area contributed by atoms with E-state index in [1.165, 1.54) is 40.0 Å². The number of halogens is 4. The average Bonchev–Trinajstić information content (AvgIpc) is 3.52. The van der Waals surface area contributed by atoms with Crippen LogP contribution in [-0.4, -0.2) is 31.0 Å². The minimum absolute atomic E-state index is 0.00363. The lowest BCUT2D eigenvalue weighted by Crippen LogP contribution is -2.34. The Morgan fingerprint density at radius 3 is 2.57 bits per heavy atom. The summed E-state index contributed by atoms with van der Waals surface area (Å²) in [6, 6.07) is 4.92. The minimum atomic E-state index is -2.98. The number of hydrogen-bond acceptors (Lipinski definition) is 6. The Morgan fingerprint density at radius 1 is 1.22 bits per heavy atom. The van der Waals surface area contributed by atoms with Crippen LogP contribution in [-0.2, 0) is 5.54 Å². The van der Waals surface area contributed by atoms with Gasteiger partial charge in [-0.2, -0.15) is 10.4 Å². The molecule has 3 heterocycles. The molecule has 0 bridgehead atoms. The number of benzene rings is 1. The second-order valence-corrected chi connectivity index (χ2v) is 9.10. The first-order valence-electron chi connectivity index (χ1n) is 11.5. The van der Waals surface area contributed by atoms with E-state index in [-0.39, 0.29) is 34.0 Å². The molecule has 0 amide bonds. The quantitative estimate of drug-likeness (QED) is 0.356. The number of nitriles is 1. The highest BCUT2D eigenvalue weighted by atomic mass is 19.3. The molecular formula is C25H21F4N7O. The number of anilines is 1. The van der Waals surface area contributed by atoms with Crippen molar-refractivity contribution in [2.45, 2.75) is 44.7 Å². The van der Waals surface area contributed by atoms with Gasteiger partial charge in [-0.05, 0) is 26.7 Å². The number of aryl methyl sites for hydroxylation is 1. The van der Waals surface area contributed by atoms with Crippen molar-refractivity contribution in [3.63, 3.8) is 0 Å². The summed E-state index contributed by atoms with van der Waals surface area (Å²) in [6.45, 7) is 2.42. The maximum absolute atomic E-state index is 14.8. The number of pyridine rings is 1. The highest BCUT2D eigenvalue weighted by Gasteiger charge is 2.46. The molecule has 12 heteroatoms. The molecule has 1 aliphatic carbocycles. The lowest BCUT2D eigenvalue weighted by atomic mass is 10.0. The van der Waals surface area contributed by atoms with Gasteiger partial charge in [0.25, 0.3) is 12.0 Å². The molecule has 4 aromatic rings. The first-order valence-corrected chi connectivity index (χ1v) is 11.5. The zero-order valence-corrected chi connectivity index (χ0v) is 19.8. The van der Waals surface area contributed by atoms with Crippen LogP contribution in [0.2, 0.25) is 0 Å². The van der Waals surface area contributed by atoms with Gasteiger partial charge in [-0.3, -0.25) is 4.79 Å². The Labute approximate surface area is 208 Å². The third-order valence-corrected chi connectivity index (χ3v) is 6.60. The molecular weight excluding hydrogens is 490 g/mol. The maximum Gasteiger partial charge on any atom is 0.279 e. The molecule has 0 aliphatic heterocycles. The number of alkyl halides is 3. The molecule has 1 aromatic carbocycles. The van der Waals surface area contributed by atoms with E-state index in [1.807, 2.05) is 6.07 Å². The van der Waals surface area contributed by atoms with Crippen LogP contribution in [0, 0.1) is 24.1 Å². The van der Waals surface area contributed by atoms with Gasteiger partial charge in [0.15, 0.2) is 5.69 Å². The van der Waals surface area contributed by atoms with Gasteiger partial charge in [-0.25, -0.2) is 32.2 Å². The first kappa shape index (κ1) is 24.4. The van der Waals surface area contributed by atoms with Gasteiger partial charge in [-0.15, -0.1) is 0 Å². The van der Waals surface area contributed by atoms with Gasteiger partial charge in [0.05, 0.1) is 34.3 Å². The molecule has 1 saturated carbocycles. The van der Waals surface area contributed by atoms with Gasteiger partial charge in [0, 0.05) is 18.0 Å². The third kappa shape index (κ3) is 4.10. The highest BCUT2D eigenvalue weighted by Crippen LogP contribution is 2.44. The summed E-state index contributed by atoms with van der Waals surface area (Å²) in [5, 5.41) is 16.7. The Hall–Kier alpha value is -4.27. The monoisotopic (exact) mass is 511 g/mol. The van der Waals surface area contributed by atoms with Crippen LogP contribution in [0.3, 0.4) is 0 Å². The fourth-order valence-electron chi connectivity index (χ4n) is 4.40. The van der Waals surface area contributed by atoms with Gasteiger partial charge in [0.2, 0.25) is 0 Å². The second kappa shape index (κ2) is 8.99. The summed E-state index contributed by atoms with van der Waals surface area (Å²) in [6.07, 6.45) is 2.05. The lowest BCUT2D eigenvalue weighted by Gasteiger charge is -2.21. The van der Waals surface area contributed by atoms with Gasteiger partial charge >= 0.3 is 0 Å². The van der Waals surface area contributed by atoms with Crippen molar-refractivity contribution in [1.29, 1.82) is 5.26 Å².